The summed E-state index contributed by atoms with van der Waals surface area (Å²) in [5.41, 5.74) is 12.4. The molecule has 0 spiro atoms. The quantitative estimate of drug-likeness (QED) is 0.183. The topological polar surface area (TPSA) is 38.9 Å². The summed E-state index contributed by atoms with van der Waals surface area (Å²) in [6.07, 6.45) is 1.91. The summed E-state index contributed by atoms with van der Waals surface area (Å²) < 4.78 is 6.41. The highest BCUT2D eigenvalue weighted by Crippen LogP contribution is 2.40. The van der Waals surface area contributed by atoms with Crippen LogP contribution in [0.4, 0.5) is 0 Å². The first-order valence-electron chi connectivity index (χ1n) is 16.6. The molecule has 0 amide bonds. The minimum Gasteiger partial charge on any atom is -0.455 e. The molecule has 0 fully saturated rings. The number of fused-ring (bicyclic) bond motifs is 9. The van der Waals surface area contributed by atoms with Gasteiger partial charge in [0.25, 0.3) is 0 Å². The Morgan fingerprint density at radius 3 is 1.73 bits per heavy atom. The Balaban J connectivity index is 1.03. The molecule has 0 aliphatic rings. The monoisotopic (exact) mass is 624 g/mol. The van der Waals surface area contributed by atoms with Gasteiger partial charge in [0.05, 0.1) is 22.9 Å². The second-order valence-electron chi connectivity index (χ2n) is 12.5. The third-order valence-electron chi connectivity index (χ3n) is 9.74. The van der Waals surface area contributed by atoms with Gasteiger partial charge in [-0.25, -0.2) is 4.98 Å². The minimum absolute atomic E-state index is 0.861. The lowest BCUT2D eigenvalue weighted by atomic mass is 9.92. The Labute approximate surface area is 282 Å². The van der Waals surface area contributed by atoms with Crippen LogP contribution in [-0.4, -0.2) is 9.97 Å². The second kappa shape index (κ2) is 11.0. The predicted molar refractivity (Wildman–Crippen MR) is 204 cm³/mol. The average Bonchev–Trinajstić information content (AvgIpc) is 3.57. The van der Waals surface area contributed by atoms with Gasteiger partial charge in [0, 0.05) is 32.7 Å². The summed E-state index contributed by atoms with van der Waals surface area (Å²) in [5.74, 6) is 0. The summed E-state index contributed by atoms with van der Waals surface area (Å²) in [7, 11) is 0. The van der Waals surface area contributed by atoms with Crippen molar-refractivity contribution in [2.75, 3.05) is 0 Å². The predicted octanol–water partition coefficient (Wildman–Crippen LogP) is 12.5. The molecule has 0 saturated heterocycles. The zero-order valence-corrected chi connectivity index (χ0v) is 26.5. The Morgan fingerprint density at radius 1 is 0.367 bits per heavy atom. The van der Waals surface area contributed by atoms with E-state index >= 15 is 0 Å². The lowest BCUT2D eigenvalue weighted by Crippen LogP contribution is -1.92. The molecule has 0 unspecified atom stereocenters. The van der Waals surface area contributed by atoms with E-state index in [2.05, 4.69) is 152 Å². The zero-order chi connectivity index (χ0) is 32.3. The summed E-state index contributed by atoms with van der Waals surface area (Å²) in [4.78, 5) is 10.2. The Hall–Kier alpha value is -6.58. The third kappa shape index (κ3) is 4.44. The number of hydrogen-bond acceptors (Lipinski definition) is 3. The van der Waals surface area contributed by atoms with Crippen LogP contribution in [0.15, 0.2) is 174 Å². The number of benzene rings is 8. The number of hydrogen-bond donors (Lipinski definition) is 0. The van der Waals surface area contributed by atoms with Crippen LogP contribution < -0.4 is 0 Å². The first-order valence-corrected chi connectivity index (χ1v) is 16.6. The molecule has 3 nitrogen and oxygen atoms in total. The number of nitrogens with zero attached hydrogens (tertiary/aromatic N) is 2. The fourth-order valence-electron chi connectivity index (χ4n) is 7.39. The molecule has 0 aliphatic carbocycles. The van der Waals surface area contributed by atoms with E-state index in [1.165, 1.54) is 16.3 Å². The van der Waals surface area contributed by atoms with Crippen LogP contribution in [-0.2, 0) is 0 Å². The van der Waals surface area contributed by atoms with E-state index in [1.54, 1.807) is 0 Å². The van der Waals surface area contributed by atoms with Gasteiger partial charge >= 0.3 is 0 Å². The van der Waals surface area contributed by atoms with Gasteiger partial charge in [0.2, 0.25) is 0 Å². The average molecular weight is 625 g/mol. The zero-order valence-electron chi connectivity index (χ0n) is 26.5. The maximum atomic E-state index is 6.41. The van der Waals surface area contributed by atoms with E-state index in [9.17, 15) is 0 Å². The molecule has 49 heavy (non-hydrogen) atoms. The first kappa shape index (κ1) is 27.5. The van der Waals surface area contributed by atoms with Crippen molar-refractivity contribution in [2.45, 2.75) is 0 Å². The molecule has 0 bridgehead atoms. The largest absolute Gasteiger partial charge is 0.455 e. The first-order chi connectivity index (χ1) is 24.3. The van der Waals surface area contributed by atoms with Crippen molar-refractivity contribution in [3.05, 3.63) is 170 Å². The van der Waals surface area contributed by atoms with Crippen molar-refractivity contribution >= 4 is 54.5 Å². The van der Waals surface area contributed by atoms with E-state index in [-0.39, 0.29) is 0 Å². The second-order valence-corrected chi connectivity index (χ2v) is 12.5. The summed E-state index contributed by atoms with van der Waals surface area (Å²) in [6, 6.07) is 57.6. The summed E-state index contributed by atoms with van der Waals surface area (Å²) >= 11 is 0. The van der Waals surface area contributed by atoms with Crippen molar-refractivity contribution in [2.24, 2.45) is 0 Å². The summed E-state index contributed by atoms with van der Waals surface area (Å²) in [5, 5.41) is 6.92. The summed E-state index contributed by atoms with van der Waals surface area (Å²) in [6.45, 7) is 0. The lowest BCUT2D eigenvalue weighted by molar-refractivity contribution is 0.670. The number of para-hydroxylation sites is 2. The maximum Gasteiger partial charge on any atom is 0.143 e. The van der Waals surface area contributed by atoms with Crippen molar-refractivity contribution in [3.63, 3.8) is 0 Å². The molecule has 0 aliphatic heterocycles. The van der Waals surface area contributed by atoms with Gasteiger partial charge in [-0.2, -0.15) is 0 Å². The molecule has 0 radical (unpaired) electrons. The Bertz CT molecular complexity index is 2850. The lowest BCUT2D eigenvalue weighted by Gasteiger charge is -2.12. The van der Waals surface area contributed by atoms with Crippen molar-refractivity contribution in [1.82, 2.24) is 9.97 Å². The highest BCUT2D eigenvalue weighted by molar-refractivity contribution is 6.23. The molecule has 2 aromatic heterocycles. The van der Waals surface area contributed by atoms with Crippen LogP contribution in [0.3, 0.4) is 0 Å². The van der Waals surface area contributed by atoms with E-state index in [0.717, 1.165) is 82.8 Å². The molecule has 10 aromatic rings. The standard InChI is InChI=1S/C46H28N2O/c1-2-14-34(40-20-10-21-41-37-17-7-8-22-43(37)49-46(40)41)33(13-1)30-25-23-29(24-26-30)31-11-9-12-32(27-31)42-28-47-44-38-18-5-3-15-35(38)36-16-4-6-19-39(36)45(44)48-42/h1-28H. The van der Waals surface area contributed by atoms with Crippen LogP contribution in [0.5, 0.6) is 0 Å². The van der Waals surface area contributed by atoms with E-state index in [1.807, 2.05) is 18.3 Å². The molecule has 0 N–H and O–H groups in total. The van der Waals surface area contributed by atoms with Gasteiger partial charge in [-0.15, -0.1) is 0 Å². The molecule has 228 valence electrons. The van der Waals surface area contributed by atoms with Gasteiger partial charge in [0.15, 0.2) is 0 Å². The smallest absolute Gasteiger partial charge is 0.143 e. The van der Waals surface area contributed by atoms with Crippen molar-refractivity contribution in [3.8, 4) is 44.6 Å². The van der Waals surface area contributed by atoms with E-state index in [0.29, 0.717) is 0 Å². The fraction of sp³-hybridized carbons (Fsp3) is 0. The van der Waals surface area contributed by atoms with Crippen molar-refractivity contribution in [1.29, 1.82) is 0 Å². The SMILES string of the molecule is c1cc(-c2ccc(-c3ccccc3-c3cccc4c3oc3ccccc34)cc2)cc(-c2cnc3c4ccccc4c4ccccc4c3n2)c1. The number of aromatic nitrogens is 2. The molecule has 3 heteroatoms. The van der Waals surface area contributed by atoms with Gasteiger partial charge in [-0.1, -0.05) is 152 Å². The number of furan rings is 1. The molecule has 2 heterocycles. The highest BCUT2D eigenvalue weighted by atomic mass is 16.3. The molecule has 8 aromatic carbocycles. The van der Waals surface area contributed by atoms with Crippen LogP contribution in [0.2, 0.25) is 0 Å². The Morgan fingerprint density at radius 2 is 0.939 bits per heavy atom. The van der Waals surface area contributed by atoms with E-state index in [4.69, 9.17) is 14.4 Å². The third-order valence-corrected chi connectivity index (χ3v) is 9.74. The van der Waals surface area contributed by atoms with Crippen LogP contribution in [0.25, 0.3) is 99.2 Å². The minimum atomic E-state index is 0.861. The molecular formula is C46H28N2O. The molecule has 10 rings (SSSR count). The van der Waals surface area contributed by atoms with Gasteiger partial charge < -0.3 is 4.42 Å². The Kier molecular flexibility index (Phi) is 6.18. The fourth-order valence-corrected chi connectivity index (χ4v) is 7.39. The number of rotatable bonds is 4. The van der Waals surface area contributed by atoms with Crippen LogP contribution >= 0.6 is 0 Å². The van der Waals surface area contributed by atoms with Gasteiger partial charge in [-0.3, -0.25) is 4.98 Å². The normalized spacial score (nSPS) is 11.7. The maximum absolute atomic E-state index is 6.41. The van der Waals surface area contributed by atoms with Crippen molar-refractivity contribution < 1.29 is 4.42 Å². The molecule has 0 saturated carbocycles. The molecular weight excluding hydrogens is 597 g/mol. The van der Waals surface area contributed by atoms with Crippen LogP contribution in [0.1, 0.15) is 0 Å². The van der Waals surface area contributed by atoms with Crippen LogP contribution in [0, 0.1) is 0 Å². The van der Waals surface area contributed by atoms with Gasteiger partial charge in [-0.05, 0) is 50.7 Å². The van der Waals surface area contributed by atoms with E-state index < -0.39 is 0 Å². The van der Waals surface area contributed by atoms with Gasteiger partial charge in [0.1, 0.15) is 11.2 Å². The molecule has 0 atom stereocenters. The highest BCUT2D eigenvalue weighted by Gasteiger charge is 2.16.